The van der Waals surface area contributed by atoms with Crippen LogP contribution in [-0.4, -0.2) is 200 Å². The van der Waals surface area contributed by atoms with Gasteiger partial charge in [-0.15, -0.1) is 22.7 Å². The Kier molecular flexibility index (Phi) is 23.3. The van der Waals surface area contributed by atoms with Crippen molar-refractivity contribution in [1.29, 1.82) is 0 Å². The highest BCUT2D eigenvalue weighted by atomic mass is 32.1. The average molecular weight is 1630 g/mol. The molecular formula is C82H70N16O18S2. The van der Waals surface area contributed by atoms with Crippen LogP contribution in [0.2, 0.25) is 0 Å². The van der Waals surface area contributed by atoms with E-state index in [-0.39, 0.29) is 62.1 Å². The highest BCUT2D eigenvalue weighted by Crippen LogP contribution is 2.34. The van der Waals surface area contributed by atoms with E-state index >= 15 is 0 Å². The van der Waals surface area contributed by atoms with Crippen molar-refractivity contribution in [3.05, 3.63) is 215 Å². The van der Waals surface area contributed by atoms with E-state index in [4.69, 9.17) is 29.9 Å². The van der Waals surface area contributed by atoms with E-state index in [1.807, 2.05) is 23.6 Å². The summed E-state index contributed by atoms with van der Waals surface area (Å²) in [5.74, 6) is 21.7. The van der Waals surface area contributed by atoms with Crippen LogP contribution in [0.4, 0.5) is 19.2 Å². The minimum Gasteiger partial charge on any atom is -0.506 e. The molecule has 16 amide bonds. The molecule has 34 nitrogen and oxygen atoms in total. The van der Waals surface area contributed by atoms with Gasteiger partial charge in [0.2, 0.25) is 22.2 Å². The fourth-order valence-corrected chi connectivity index (χ4v) is 15.0. The van der Waals surface area contributed by atoms with Gasteiger partial charge in [0, 0.05) is 101 Å². The van der Waals surface area contributed by atoms with E-state index in [2.05, 4.69) is 105 Å². The van der Waals surface area contributed by atoms with Gasteiger partial charge >= 0.3 is 24.1 Å². The van der Waals surface area contributed by atoms with Crippen LogP contribution in [-0.2, 0) is 51.8 Å². The summed E-state index contributed by atoms with van der Waals surface area (Å²) in [5.41, 5.74) is 6.84. The molecule has 0 saturated carbocycles. The normalized spacial score (nSPS) is 20.1. The summed E-state index contributed by atoms with van der Waals surface area (Å²) in [6.07, 6.45) is 6.45. The molecule has 0 unspecified atom stereocenters. The number of oxime groups is 1. The third-order valence-electron chi connectivity index (χ3n) is 19.6. The molecule has 4 atom stereocenters. The van der Waals surface area contributed by atoms with Gasteiger partial charge in [-0.05, 0) is 127 Å². The summed E-state index contributed by atoms with van der Waals surface area (Å²) in [5, 5.41) is 42.5. The number of fused-ring (bicyclic) bond motifs is 4. The molecule has 118 heavy (non-hydrogen) atoms. The summed E-state index contributed by atoms with van der Waals surface area (Å²) in [6, 6.07) is 28.5. The lowest BCUT2D eigenvalue weighted by molar-refractivity contribution is -0.123. The summed E-state index contributed by atoms with van der Waals surface area (Å²) < 4.78 is 20.7. The summed E-state index contributed by atoms with van der Waals surface area (Å²) in [4.78, 5) is 165. The second-order valence-electron chi connectivity index (χ2n) is 27.3. The predicted octanol–water partition coefficient (Wildman–Crippen LogP) is 3.44. The second kappa shape index (κ2) is 33.9. The van der Waals surface area contributed by atoms with Crippen LogP contribution in [0.15, 0.2) is 145 Å². The summed E-state index contributed by atoms with van der Waals surface area (Å²) >= 11 is 2.75. The fraction of sp³-hybridized carbons (Fsp3) is 0.232. The number of carbonyl (C=O) groups is 12. The number of nitrogens with two attached hydrogens (primary N) is 1. The number of methoxy groups -OCH3 is 4. The number of aromatic hydroxyl groups is 1. The molecule has 4 aromatic carbocycles. The van der Waals surface area contributed by atoms with E-state index in [0.717, 1.165) is 32.0 Å². The maximum absolute atomic E-state index is 13.0. The quantitative estimate of drug-likeness (QED) is 0.0244. The number of nitrogens with zero attached hydrogens (tertiary/aromatic N) is 7. The average Bonchev–Trinajstić information content (AvgIpc) is 1.59. The Morgan fingerprint density at radius 3 is 1.32 bits per heavy atom. The first-order chi connectivity index (χ1) is 56.7. The zero-order valence-corrected chi connectivity index (χ0v) is 64.9. The van der Waals surface area contributed by atoms with Crippen molar-refractivity contribution >= 4 is 99.8 Å². The molecule has 0 aliphatic carbocycles. The Morgan fingerprint density at radius 2 is 0.907 bits per heavy atom. The predicted molar refractivity (Wildman–Crippen MR) is 422 cm³/mol. The lowest BCUT2D eigenvalue weighted by atomic mass is 9.94. The Morgan fingerprint density at radius 1 is 0.483 bits per heavy atom. The van der Waals surface area contributed by atoms with Crippen LogP contribution in [0.3, 0.4) is 0 Å². The van der Waals surface area contributed by atoms with E-state index in [0.29, 0.717) is 105 Å². The maximum Gasteiger partial charge on any atom is 0.323 e. The smallest absolute Gasteiger partial charge is 0.323 e. The van der Waals surface area contributed by atoms with E-state index in [1.165, 1.54) is 82.1 Å². The second-order valence-corrected chi connectivity index (χ2v) is 29.4. The molecule has 36 heteroatoms. The SMILES string of the molecule is COc1ccc2c(c1)C(=O)N(C[C@@]1(C#Cc3ccc(C(C)=NO)s3)NC(=O)NC1=O)C2.COc1ccc2c(c1)C(=O)N(C[C@@]1(C#Cc3cncc(O)c3)NC(=O)NC1=O)C2.COc1ccc2c(c1)C(=O)N(C[C@@]1(C#Cc3csc(CN)c3)NC(=O)NC1=O)C2.COc1ccc2c(c1)CCN(C[C@@]1(C#Cc3cccnc3)NC(=O)NC1=O)C2=O. The van der Waals surface area contributed by atoms with Crippen molar-refractivity contribution in [1.82, 2.24) is 72.1 Å². The van der Waals surface area contributed by atoms with E-state index in [9.17, 15) is 62.6 Å². The van der Waals surface area contributed by atoms with Gasteiger partial charge in [0.25, 0.3) is 47.3 Å². The van der Waals surface area contributed by atoms with Gasteiger partial charge in [0.05, 0.1) is 76.3 Å². The monoisotopic (exact) mass is 1630 g/mol. The first-order valence-electron chi connectivity index (χ1n) is 35.8. The fourth-order valence-electron chi connectivity index (χ4n) is 13.5. The van der Waals surface area contributed by atoms with Crippen molar-refractivity contribution in [2.45, 2.75) is 61.7 Å². The number of hydrogen-bond acceptors (Lipinski definition) is 24. The number of rotatable bonds is 14. The molecule has 8 aromatic rings. The zero-order valence-electron chi connectivity index (χ0n) is 63.3. The molecule has 598 valence electrons. The van der Waals surface area contributed by atoms with E-state index < -0.39 is 69.9 Å². The Balaban J connectivity index is 0.000000136. The van der Waals surface area contributed by atoms with Gasteiger partial charge in [-0.25, -0.2) is 19.2 Å². The molecule has 4 aromatic heterocycles. The molecule has 4 fully saturated rings. The van der Waals surface area contributed by atoms with Crippen LogP contribution < -0.4 is 67.2 Å². The summed E-state index contributed by atoms with van der Waals surface area (Å²) in [7, 11) is 6.14. The van der Waals surface area contributed by atoms with Gasteiger partial charge < -0.3 is 75.9 Å². The number of hydrogen-bond donors (Lipinski definition) is 11. The molecule has 0 radical (unpaired) electrons. The molecule has 0 spiro atoms. The van der Waals surface area contributed by atoms with Gasteiger partial charge in [0.1, 0.15) is 28.7 Å². The minimum absolute atomic E-state index is 0.0534. The van der Waals surface area contributed by atoms with Crippen molar-refractivity contribution in [3.63, 3.8) is 0 Å². The zero-order chi connectivity index (χ0) is 83.8. The Bertz CT molecular complexity index is 5840. The number of pyridine rings is 2. The number of aromatic nitrogens is 2. The number of urea groups is 4. The van der Waals surface area contributed by atoms with Crippen LogP contribution in [0.1, 0.15) is 102 Å². The molecule has 8 aliphatic rings. The third-order valence-corrected chi connectivity index (χ3v) is 21.6. The number of ether oxygens (including phenoxy) is 4. The highest BCUT2D eigenvalue weighted by molar-refractivity contribution is 7.14. The largest absolute Gasteiger partial charge is 0.506 e. The number of thiophene rings is 2. The molecule has 4 saturated heterocycles. The van der Waals surface area contributed by atoms with Gasteiger partial charge in [-0.1, -0.05) is 70.7 Å². The molecular weight excluding hydrogens is 1560 g/mol. The Labute approximate surface area is 680 Å². The van der Waals surface area contributed by atoms with Crippen LogP contribution >= 0.6 is 22.7 Å². The topological polar surface area (TPSA) is 456 Å². The van der Waals surface area contributed by atoms with Gasteiger partial charge in [0.15, 0.2) is 0 Å². The summed E-state index contributed by atoms with van der Waals surface area (Å²) in [6.45, 7) is 2.98. The minimum atomic E-state index is -1.62. The number of nitrogens with one attached hydrogen (secondary N) is 8. The first kappa shape index (κ1) is 80.9. The van der Waals surface area contributed by atoms with Crippen LogP contribution in [0.25, 0.3) is 0 Å². The molecule has 0 bridgehead atoms. The van der Waals surface area contributed by atoms with Gasteiger partial charge in [-0.2, -0.15) is 0 Å². The lowest BCUT2D eigenvalue weighted by Crippen LogP contribution is -2.56. The van der Waals surface area contributed by atoms with Crippen LogP contribution in [0, 0.1) is 47.4 Å². The highest BCUT2D eigenvalue weighted by Gasteiger charge is 2.52. The molecule has 12 heterocycles. The lowest BCUT2D eigenvalue weighted by Gasteiger charge is -2.33. The molecule has 8 aliphatic heterocycles. The van der Waals surface area contributed by atoms with Gasteiger partial charge in [-0.3, -0.25) is 69.6 Å². The number of imide groups is 4. The Hall–Kier alpha value is -15.1. The van der Waals surface area contributed by atoms with Crippen molar-refractivity contribution in [3.8, 4) is 76.1 Å². The molecule has 16 rings (SSSR count). The number of carbonyl (C=O) groups excluding carboxylic acids is 12. The number of benzene rings is 4. The standard InChI is InChI=1S/C21H18N4O5S.C21H18N4O4.C20H16N4O5.C20H18N4O4S/c1-12(24-29)17-6-5-15(31-17)7-8-21(19(27)22-20(28)23-21)11-25-10-13-3-4-14(30-2)9-16(13)18(25)26;1-29-16-4-5-17-15(11-16)7-10-25(18(17)26)13-21(19(27)23-20(28)24-21)8-6-14-3-2-9-22-12-14;1-29-15-3-2-13-10-24(17(26)16(13)7-15)11-20(18(27)22-19(28)23-20)5-4-12-6-14(25)9-21-8-12;1-28-14-3-2-13-9-24(17(25)16(13)7-14)11-20(18(26)22-19(27)23-20)5-4-12-6-15(8-21)29-10-12/h3-6,9,29H,10-11H2,1-2H3,(H2,22,23,27,28);2-5,9,11-12H,7,10,13H2,1H3,(H2,23,24,27,28);2-3,6-9,25H,10-11H2,1H3,(H2,22,23,27,28);2-3,6-7,10H,8-9,11,21H2,1H3,(H2,22,23,26,27)/t2*21-;2*20-/m1111/s1. The maximum atomic E-state index is 13.0. The third kappa shape index (κ3) is 17.2. The van der Waals surface area contributed by atoms with Crippen molar-refractivity contribution in [2.24, 2.45) is 10.9 Å². The molecule has 12 N–H and O–H groups in total. The first-order valence-corrected chi connectivity index (χ1v) is 37.5. The van der Waals surface area contributed by atoms with Crippen LogP contribution in [0.5, 0.6) is 28.7 Å². The number of amides is 16. The van der Waals surface area contributed by atoms with Crippen molar-refractivity contribution < 1.29 is 86.8 Å². The van der Waals surface area contributed by atoms with Crippen molar-refractivity contribution in [2.75, 3.05) is 61.2 Å². The van der Waals surface area contributed by atoms with E-state index in [1.54, 1.807) is 111 Å².